The maximum absolute atomic E-state index is 12.4. The predicted molar refractivity (Wildman–Crippen MR) is 89.6 cm³/mol. The Balaban J connectivity index is 1.60. The van der Waals surface area contributed by atoms with E-state index in [1.807, 2.05) is 11.0 Å². The predicted octanol–water partition coefficient (Wildman–Crippen LogP) is 1.60. The summed E-state index contributed by atoms with van der Waals surface area (Å²) in [5, 5.41) is 0. The van der Waals surface area contributed by atoms with Crippen molar-refractivity contribution in [3.63, 3.8) is 0 Å². The molecule has 3 rings (SSSR count). The normalized spacial score (nSPS) is 23.8. The average molecular weight is 336 g/mol. The molecule has 0 aromatic heterocycles. The summed E-state index contributed by atoms with van der Waals surface area (Å²) in [5.74, 6) is 0.109. The summed E-state index contributed by atoms with van der Waals surface area (Å²) in [6.07, 6.45) is 2.45. The molecule has 0 atom stereocenters. The first kappa shape index (κ1) is 16.5. The van der Waals surface area contributed by atoms with Crippen molar-refractivity contribution >= 4 is 15.9 Å². The number of hydrogen-bond donors (Lipinski definition) is 0. The summed E-state index contributed by atoms with van der Waals surface area (Å²) in [4.78, 5) is 14.2. The Bertz CT molecular complexity index is 664. The van der Waals surface area contributed by atoms with Crippen LogP contribution in [0, 0.1) is 0 Å². The molecule has 6 heteroatoms. The number of benzene rings is 1. The number of likely N-dealkylation sites (tertiary alicyclic amines) is 1. The number of nitrogens with zero attached hydrogens (tertiary/aromatic N) is 2. The van der Waals surface area contributed by atoms with E-state index in [0.29, 0.717) is 26.1 Å². The van der Waals surface area contributed by atoms with E-state index in [0.717, 1.165) is 12.8 Å². The minimum Gasteiger partial charge on any atom is -0.341 e. The quantitative estimate of drug-likeness (QED) is 0.842. The summed E-state index contributed by atoms with van der Waals surface area (Å²) in [6, 6.07) is 10.4. The Morgan fingerprint density at radius 2 is 1.78 bits per heavy atom. The lowest BCUT2D eigenvalue weighted by Gasteiger charge is -2.40. The number of amides is 1. The summed E-state index contributed by atoms with van der Waals surface area (Å²) < 4.78 is 25.0. The van der Waals surface area contributed by atoms with Gasteiger partial charge in [-0.2, -0.15) is 4.31 Å². The molecule has 0 unspecified atom stereocenters. The van der Waals surface area contributed by atoms with Gasteiger partial charge in [0.1, 0.15) is 0 Å². The molecule has 5 nitrogen and oxygen atoms in total. The van der Waals surface area contributed by atoms with Crippen molar-refractivity contribution in [2.24, 2.45) is 0 Å². The lowest BCUT2D eigenvalue weighted by Crippen LogP contribution is -2.47. The third-order valence-corrected chi connectivity index (χ3v) is 7.11. The zero-order valence-corrected chi connectivity index (χ0v) is 14.4. The molecule has 1 aromatic rings. The molecule has 2 saturated heterocycles. The summed E-state index contributed by atoms with van der Waals surface area (Å²) in [6.45, 7) is 4.11. The Labute approximate surface area is 138 Å². The van der Waals surface area contributed by atoms with Crippen molar-refractivity contribution in [2.45, 2.75) is 31.6 Å². The van der Waals surface area contributed by atoms with Crippen molar-refractivity contribution in [1.82, 2.24) is 9.21 Å². The van der Waals surface area contributed by atoms with Gasteiger partial charge in [-0.3, -0.25) is 4.79 Å². The number of carbonyl (C=O) groups excluding carboxylic acids is 1. The van der Waals surface area contributed by atoms with Crippen LogP contribution in [0.5, 0.6) is 0 Å². The molecule has 0 N–H and O–H groups in total. The highest BCUT2D eigenvalue weighted by Gasteiger charge is 2.35. The van der Waals surface area contributed by atoms with Crippen LogP contribution in [0.3, 0.4) is 0 Å². The second-order valence-corrected chi connectivity index (χ2v) is 8.90. The van der Waals surface area contributed by atoms with Crippen LogP contribution in [0.1, 0.15) is 31.7 Å². The molecule has 0 bridgehead atoms. The number of sulfonamides is 1. The van der Waals surface area contributed by atoms with Gasteiger partial charge in [-0.05, 0) is 30.2 Å². The fraction of sp³-hybridized carbons (Fsp3) is 0.588. The maximum atomic E-state index is 12.4. The molecule has 1 aromatic carbocycles. The number of piperidine rings is 1. The van der Waals surface area contributed by atoms with E-state index < -0.39 is 10.0 Å². The topological polar surface area (TPSA) is 57.7 Å². The van der Waals surface area contributed by atoms with Gasteiger partial charge in [0.15, 0.2) is 0 Å². The zero-order valence-electron chi connectivity index (χ0n) is 13.6. The van der Waals surface area contributed by atoms with Crippen molar-refractivity contribution in [2.75, 3.05) is 31.9 Å². The van der Waals surface area contributed by atoms with Crippen LogP contribution in [0.2, 0.25) is 0 Å². The number of rotatable bonds is 3. The molecule has 2 heterocycles. The van der Waals surface area contributed by atoms with Gasteiger partial charge in [0.25, 0.3) is 0 Å². The molecular formula is C17H24N2O3S. The van der Waals surface area contributed by atoms with Crippen molar-refractivity contribution in [3.05, 3.63) is 35.9 Å². The Kier molecular flexibility index (Phi) is 4.47. The van der Waals surface area contributed by atoms with Crippen LogP contribution in [-0.2, 0) is 20.2 Å². The van der Waals surface area contributed by atoms with Crippen molar-refractivity contribution < 1.29 is 13.2 Å². The van der Waals surface area contributed by atoms with E-state index in [2.05, 4.69) is 31.2 Å². The molecule has 2 fully saturated rings. The first-order chi connectivity index (χ1) is 10.9. The minimum absolute atomic E-state index is 0.00435. The second-order valence-electron chi connectivity index (χ2n) is 6.81. The third kappa shape index (κ3) is 3.43. The fourth-order valence-electron chi connectivity index (χ4n) is 3.50. The van der Waals surface area contributed by atoms with Crippen LogP contribution < -0.4 is 0 Å². The molecule has 0 saturated carbocycles. The molecule has 126 valence electrons. The van der Waals surface area contributed by atoms with E-state index in [4.69, 9.17) is 0 Å². The molecule has 1 amide bonds. The van der Waals surface area contributed by atoms with Crippen LogP contribution in [0.25, 0.3) is 0 Å². The second kappa shape index (κ2) is 6.24. The van der Waals surface area contributed by atoms with Crippen molar-refractivity contribution in [1.29, 1.82) is 0 Å². The molecule has 23 heavy (non-hydrogen) atoms. The number of carbonyl (C=O) groups is 1. The van der Waals surface area contributed by atoms with E-state index in [9.17, 15) is 13.2 Å². The lowest BCUT2D eigenvalue weighted by molar-refractivity contribution is -0.132. The van der Waals surface area contributed by atoms with Gasteiger partial charge in [0.05, 0.1) is 12.3 Å². The van der Waals surface area contributed by atoms with Gasteiger partial charge >= 0.3 is 0 Å². The van der Waals surface area contributed by atoms with Gasteiger partial charge in [-0.25, -0.2) is 8.42 Å². The van der Waals surface area contributed by atoms with Gasteiger partial charge in [-0.15, -0.1) is 0 Å². The van der Waals surface area contributed by atoms with Crippen molar-refractivity contribution in [3.8, 4) is 0 Å². The van der Waals surface area contributed by atoms with E-state index in [1.165, 1.54) is 9.87 Å². The number of hydrogen-bond acceptors (Lipinski definition) is 3. The molecule has 0 spiro atoms. The highest BCUT2D eigenvalue weighted by atomic mass is 32.2. The average Bonchev–Trinajstić information content (AvgIpc) is 2.87. The highest BCUT2D eigenvalue weighted by molar-refractivity contribution is 7.89. The van der Waals surface area contributed by atoms with Gasteiger partial charge in [-0.1, -0.05) is 37.3 Å². The fourth-order valence-corrected chi connectivity index (χ4v) is 4.97. The molecular weight excluding hydrogens is 312 g/mol. The molecule has 0 radical (unpaired) electrons. The lowest BCUT2D eigenvalue weighted by atomic mass is 9.74. The third-order valence-electron chi connectivity index (χ3n) is 5.21. The summed E-state index contributed by atoms with van der Waals surface area (Å²) in [7, 11) is -3.20. The minimum atomic E-state index is -3.20. The van der Waals surface area contributed by atoms with Gasteiger partial charge < -0.3 is 4.90 Å². The summed E-state index contributed by atoms with van der Waals surface area (Å²) >= 11 is 0. The standard InChI is InChI=1S/C17H24N2O3S/c1-17(15-6-3-2-4-7-15)8-11-18(12-9-17)16(20)14-19-10-5-13-23(19,21)22/h2-4,6-7H,5,8-14H2,1H3. The van der Waals surface area contributed by atoms with Crippen LogP contribution >= 0.6 is 0 Å². The maximum Gasteiger partial charge on any atom is 0.237 e. The summed E-state index contributed by atoms with van der Waals surface area (Å²) in [5.41, 5.74) is 1.41. The van der Waals surface area contributed by atoms with Crippen LogP contribution in [0.4, 0.5) is 0 Å². The largest absolute Gasteiger partial charge is 0.341 e. The Morgan fingerprint density at radius 3 is 2.35 bits per heavy atom. The Hall–Kier alpha value is -1.40. The Morgan fingerprint density at radius 1 is 1.13 bits per heavy atom. The van der Waals surface area contributed by atoms with E-state index >= 15 is 0 Å². The molecule has 2 aliphatic rings. The van der Waals surface area contributed by atoms with Crippen LogP contribution in [-0.4, -0.2) is 55.5 Å². The first-order valence-electron chi connectivity index (χ1n) is 8.22. The molecule has 2 aliphatic heterocycles. The van der Waals surface area contributed by atoms with Gasteiger partial charge in [0, 0.05) is 19.6 Å². The first-order valence-corrected chi connectivity index (χ1v) is 9.83. The SMILES string of the molecule is CC1(c2ccccc2)CCN(C(=O)CN2CCCS2(=O)=O)CC1. The smallest absolute Gasteiger partial charge is 0.237 e. The zero-order chi connectivity index (χ0) is 16.5. The van der Waals surface area contributed by atoms with Gasteiger partial charge in [0.2, 0.25) is 15.9 Å². The monoisotopic (exact) mass is 336 g/mol. The highest BCUT2D eigenvalue weighted by Crippen LogP contribution is 2.34. The van der Waals surface area contributed by atoms with E-state index in [-0.39, 0.29) is 23.6 Å². The van der Waals surface area contributed by atoms with E-state index in [1.54, 1.807) is 0 Å². The van der Waals surface area contributed by atoms with Crippen LogP contribution in [0.15, 0.2) is 30.3 Å². The molecule has 0 aliphatic carbocycles.